The lowest BCUT2D eigenvalue weighted by atomic mass is 9.97. The lowest BCUT2D eigenvalue weighted by Gasteiger charge is -2.39. The van der Waals surface area contributed by atoms with E-state index >= 15 is 0 Å². The highest BCUT2D eigenvalue weighted by Gasteiger charge is 2.41. The van der Waals surface area contributed by atoms with E-state index in [0.717, 1.165) is 12.1 Å². The number of carbonyl (C=O) groups is 2. The number of ether oxygens (including phenoxy) is 1. The zero-order valence-corrected chi connectivity index (χ0v) is 13.1. The number of benzene rings is 1. The lowest BCUT2D eigenvalue weighted by Crippen LogP contribution is -2.53. The number of hydrogen-bond donors (Lipinski definition) is 0. The Morgan fingerprint density at radius 3 is 2.64 bits per heavy atom. The maximum absolute atomic E-state index is 12.8. The van der Waals surface area contributed by atoms with Gasteiger partial charge in [-0.2, -0.15) is 0 Å². The van der Waals surface area contributed by atoms with Crippen LogP contribution < -0.4 is 0 Å². The summed E-state index contributed by atoms with van der Waals surface area (Å²) in [5, 5.41) is 0. The highest BCUT2D eigenvalue weighted by Crippen LogP contribution is 2.32. The van der Waals surface area contributed by atoms with Gasteiger partial charge in [0.1, 0.15) is 6.61 Å². The van der Waals surface area contributed by atoms with Crippen LogP contribution in [0, 0.1) is 5.92 Å². The molecule has 2 unspecified atom stereocenters. The Morgan fingerprint density at radius 1 is 1.32 bits per heavy atom. The van der Waals surface area contributed by atoms with E-state index in [4.69, 9.17) is 4.74 Å². The van der Waals surface area contributed by atoms with Gasteiger partial charge in [0.2, 0.25) is 5.91 Å². The third-order valence-electron chi connectivity index (χ3n) is 4.47. The van der Waals surface area contributed by atoms with Gasteiger partial charge in [-0.1, -0.05) is 30.3 Å². The van der Waals surface area contributed by atoms with E-state index in [1.807, 2.05) is 37.4 Å². The summed E-state index contributed by atoms with van der Waals surface area (Å²) < 4.78 is 5.63. The smallest absolute Gasteiger partial charge is 0.253 e. The number of hydrogen-bond acceptors (Lipinski definition) is 3. The van der Waals surface area contributed by atoms with Gasteiger partial charge in [0.25, 0.3) is 5.91 Å². The molecule has 0 aromatic heterocycles. The van der Waals surface area contributed by atoms with Crippen LogP contribution in [-0.4, -0.2) is 55.0 Å². The van der Waals surface area contributed by atoms with E-state index < -0.39 is 6.10 Å². The molecule has 22 heavy (non-hydrogen) atoms. The normalized spacial score (nSPS) is 25.2. The molecule has 3 rings (SSSR count). The maximum atomic E-state index is 12.8. The van der Waals surface area contributed by atoms with E-state index in [9.17, 15) is 9.59 Å². The predicted molar refractivity (Wildman–Crippen MR) is 82.1 cm³/mol. The zero-order valence-electron chi connectivity index (χ0n) is 13.1. The van der Waals surface area contributed by atoms with Crippen molar-refractivity contribution in [2.75, 3.05) is 27.2 Å². The molecule has 2 amide bonds. The highest BCUT2D eigenvalue weighted by molar-refractivity contribution is 5.86. The first-order chi connectivity index (χ1) is 10.6. The van der Waals surface area contributed by atoms with E-state index in [2.05, 4.69) is 0 Å². The van der Waals surface area contributed by atoms with E-state index in [0.29, 0.717) is 5.92 Å². The molecule has 0 N–H and O–H groups in total. The Morgan fingerprint density at radius 2 is 2.00 bits per heavy atom. The van der Waals surface area contributed by atoms with Gasteiger partial charge in [-0.15, -0.1) is 0 Å². The molecule has 1 saturated carbocycles. The second-order valence-electron chi connectivity index (χ2n) is 6.25. The van der Waals surface area contributed by atoms with Crippen LogP contribution in [0.2, 0.25) is 0 Å². The first-order valence-corrected chi connectivity index (χ1v) is 7.75. The molecule has 1 aliphatic heterocycles. The predicted octanol–water partition coefficient (Wildman–Crippen LogP) is 1.45. The molecule has 1 aliphatic carbocycles. The molecule has 2 fully saturated rings. The van der Waals surface area contributed by atoms with Gasteiger partial charge in [-0.3, -0.25) is 9.59 Å². The fourth-order valence-corrected chi connectivity index (χ4v) is 2.96. The average molecular weight is 302 g/mol. The molecule has 0 bridgehead atoms. The summed E-state index contributed by atoms with van der Waals surface area (Å²) in [6, 6.07) is 9.26. The average Bonchev–Trinajstić information content (AvgIpc) is 3.34. The van der Waals surface area contributed by atoms with Crippen molar-refractivity contribution >= 4 is 11.8 Å². The van der Waals surface area contributed by atoms with Gasteiger partial charge in [-0.25, -0.2) is 0 Å². The van der Waals surface area contributed by atoms with Crippen LogP contribution in [0.3, 0.4) is 0 Å². The quantitative estimate of drug-likeness (QED) is 0.846. The van der Waals surface area contributed by atoms with Gasteiger partial charge in [0, 0.05) is 20.6 Å². The van der Waals surface area contributed by atoms with Crippen molar-refractivity contribution in [3.05, 3.63) is 35.9 Å². The third kappa shape index (κ3) is 2.99. The summed E-state index contributed by atoms with van der Waals surface area (Å²) in [6.07, 6.45) is 1.77. The summed E-state index contributed by atoms with van der Waals surface area (Å²) >= 11 is 0. The first kappa shape index (κ1) is 15.0. The van der Waals surface area contributed by atoms with Crippen LogP contribution in [0.4, 0.5) is 0 Å². The number of amides is 2. The third-order valence-corrected chi connectivity index (χ3v) is 4.47. The van der Waals surface area contributed by atoms with Gasteiger partial charge in [0.05, 0.1) is 6.04 Å². The van der Waals surface area contributed by atoms with Gasteiger partial charge in [0.15, 0.2) is 6.10 Å². The SMILES string of the molecule is CN(CC1CC1)C(=O)C1OCC(=O)N(C)C1c1ccccc1. The van der Waals surface area contributed by atoms with Crippen molar-refractivity contribution in [3.63, 3.8) is 0 Å². The van der Waals surface area contributed by atoms with E-state index in [-0.39, 0.29) is 24.5 Å². The second-order valence-corrected chi connectivity index (χ2v) is 6.25. The Bertz CT molecular complexity index is 556. The molecular weight excluding hydrogens is 280 g/mol. The molecule has 5 heteroatoms. The van der Waals surface area contributed by atoms with Crippen LogP contribution in [0.15, 0.2) is 30.3 Å². The molecule has 1 heterocycles. The first-order valence-electron chi connectivity index (χ1n) is 7.75. The highest BCUT2D eigenvalue weighted by atomic mass is 16.5. The monoisotopic (exact) mass is 302 g/mol. The Kier molecular flexibility index (Phi) is 4.16. The minimum atomic E-state index is -0.631. The van der Waals surface area contributed by atoms with Crippen molar-refractivity contribution in [1.29, 1.82) is 0 Å². The van der Waals surface area contributed by atoms with Crippen LogP contribution in [0.1, 0.15) is 24.4 Å². The summed E-state index contributed by atoms with van der Waals surface area (Å²) in [7, 11) is 3.56. The van der Waals surface area contributed by atoms with Crippen molar-refractivity contribution in [3.8, 4) is 0 Å². The van der Waals surface area contributed by atoms with Crippen LogP contribution in [0.25, 0.3) is 0 Å². The van der Waals surface area contributed by atoms with Crippen molar-refractivity contribution in [2.45, 2.75) is 25.0 Å². The van der Waals surface area contributed by atoms with Crippen LogP contribution in [-0.2, 0) is 14.3 Å². The van der Waals surface area contributed by atoms with Crippen molar-refractivity contribution in [2.24, 2.45) is 5.92 Å². The molecule has 2 atom stereocenters. The fourth-order valence-electron chi connectivity index (χ4n) is 2.96. The topological polar surface area (TPSA) is 49.9 Å². The standard InChI is InChI=1S/C17H22N2O3/c1-18(10-12-8-9-12)17(21)16-15(13-6-4-3-5-7-13)19(2)14(20)11-22-16/h3-7,12,15-16H,8-11H2,1-2H3. The zero-order chi connectivity index (χ0) is 15.7. The molecule has 5 nitrogen and oxygen atoms in total. The van der Waals surface area contributed by atoms with Gasteiger partial charge < -0.3 is 14.5 Å². The molecule has 1 aromatic rings. The van der Waals surface area contributed by atoms with Crippen molar-refractivity contribution < 1.29 is 14.3 Å². The number of likely N-dealkylation sites (N-methyl/N-ethyl adjacent to an activating group) is 2. The number of carbonyl (C=O) groups excluding carboxylic acids is 2. The summed E-state index contributed by atoms with van der Waals surface area (Å²) in [4.78, 5) is 28.1. The molecule has 2 aliphatic rings. The molecule has 0 spiro atoms. The molecule has 0 radical (unpaired) electrons. The van der Waals surface area contributed by atoms with Crippen molar-refractivity contribution in [1.82, 2.24) is 9.80 Å². The summed E-state index contributed by atoms with van der Waals surface area (Å²) in [6.45, 7) is 0.741. The fraction of sp³-hybridized carbons (Fsp3) is 0.529. The number of morpholine rings is 1. The summed E-state index contributed by atoms with van der Waals surface area (Å²) in [5.41, 5.74) is 0.927. The van der Waals surface area contributed by atoms with E-state index in [1.165, 1.54) is 12.8 Å². The second kappa shape index (κ2) is 6.08. The largest absolute Gasteiger partial charge is 0.356 e. The summed E-state index contributed by atoms with van der Waals surface area (Å²) in [5.74, 6) is 0.495. The van der Waals surface area contributed by atoms with Crippen LogP contribution >= 0.6 is 0 Å². The molecule has 118 valence electrons. The Labute approximate surface area is 130 Å². The molecule has 1 aromatic carbocycles. The van der Waals surface area contributed by atoms with Gasteiger partial charge >= 0.3 is 0 Å². The molecule has 1 saturated heterocycles. The van der Waals surface area contributed by atoms with Crippen LogP contribution in [0.5, 0.6) is 0 Å². The molecular formula is C17H22N2O3. The van der Waals surface area contributed by atoms with E-state index in [1.54, 1.807) is 16.8 Å². The Balaban J connectivity index is 1.83. The maximum Gasteiger partial charge on any atom is 0.253 e. The number of rotatable bonds is 4. The minimum Gasteiger partial charge on any atom is -0.356 e. The lowest BCUT2D eigenvalue weighted by molar-refractivity contribution is -0.166. The Hall–Kier alpha value is -1.88. The van der Waals surface area contributed by atoms with Gasteiger partial charge in [-0.05, 0) is 24.3 Å². The number of nitrogens with zero attached hydrogens (tertiary/aromatic N) is 2. The minimum absolute atomic E-state index is 0.0342.